The van der Waals surface area contributed by atoms with Gasteiger partial charge in [-0.2, -0.15) is 9.94 Å². The average molecular weight is 315 g/mol. The molecule has 2 aromatic rings. The van der Waals surface area contributed by atoms with Crippen LogP contribution in [0.5, 0.6) is 0 Å². The van der Waals surface area contributed by atoms with E-state index >= 15 is 0 Å². The summed E-state index contributed by atoms with van der Waals surface area (Å²) >= 11 is 1.36. The molecule has 0 fully saturated rings. The van der Waals surface area contributed by atoms with Crippen LogP contribution in [0.1, 0.15) is 25.8 Å². The highest BCUT2D eigenvalue weighted by Gasteiger charge is 2.14. The Balaban J connectivity index is 2.51. The molecule has 0 aliphatic rings. The summed E-state index contributed by atoms with van der Waals surface area (Å²) in [5.41, 5.74) is 4.34. The molecule has 1 N–H and O–H groups in total. The van der Waals surface area contributed by atoms with Crippen LogP contribution in [0.25, 0.3) is 11.3 Å². The molecule has 0 spiro atoms. The van der Waals surface area contributed by atoms with Crippen LogP contribution in [-0.4, -0.2) is 27.2 Å². The van der Waals surface area contributed by atoms with E-state index in [0.717, 1.165) is 6.42 Å². The lowest BCUT2D eigenvalue weighted by atomic mass is 10.1. The van der Waals surface area contributed by atoms with Gasteiger partial charge in [0.15, 0.2) is 5.69 Å². The Kier molecular flexibility index (Phi) is 5.17. The van der Waals surface area contributed by atoms with Crippen molar-refractivity contribution in [1.29, 1.82) is 5.26 Å². The van der Waals surface area contributed by atoms with Crippen LogP contribution in [0.3, 0.4) is 0 Å². The molecule has 6 nitrogen and oxygen atoms in total. The lowest BCUT2D eigenvalue weighted by Gasteiger charge is -2.17. The molecular formula is C15H17N5OS. The predicted molar refractivity (Wildman–Crippen MR) is 87.3 cm³/mol. The van der Waals surface area contributed by atoms with Gasteiger partial charge in [-0.3, -0.25) is 4.79 Å². The minimum absolute atomic E-state index is 0.140. The van der Waals surface area contributed by atoms with Crippen LogP contribution in [0.2, 0.25) is 0 Å². The van der Waals surface area contributed by atoms with Crippen molar-refractivity contribution in [2.24, 2.45) is 0 Å². The number of benzene rings is 1. The van der Waals surface area contributed by atoms with E-state index in [9.17, 15) is 4.79 Å². The van der Waals surface area contributed by atoms with Crippen molar-refractivity contribution in [3.05, 3.63) is 40.2 Å². The highest BCUT2D eigenvalue weighted by atomic mass is 32.2. The summed E-state index contributed by atoms with van der Waals surface area (Å²) in [6.45, 7) is 4.04. The van der Waals surface area contributed by atoms with Crippen molar-refractivity contribution < 1.29 is 0 Å². The molecule has 7 heteroatoms. The number of thioether (sulfide) groups is 1. The number of hydrogen-bond donors (Lipinski definition) is 1. The molecule has 1 aromatic heterocycles. The first-order chi connectivity index (χ1) is 10.6. The molecule has 1 atom stereocenters. The van der Waals surface area contributed by atoms with E-state index in [1.54, 1.807) is 24.3 Å². The Labute approximate surface area is 133 Å². The zero-order valence-corrected chi connectivity index (χ0v) is 13.5. The van der Waals surface area contributed by atoms with E-state index < -0.39 is 0 Å². The molecule has 1 aromatic carbocycles. The Morgan fingerprint density at radius 3 is 2.59 bits per heavy atom. The molecular weight excluding hydrogens is 298 g/mol. The number of nitriles is 1. The fourth-order valence-corrected chi connectivity index (χ4v) is 2.26. The van der Waals surface area contributed by atoms with E-state index in [0.29, 0.717) is 16.3 Å². The predicted octanol–water partition coefficient (Wildman–Crippen LogP) is 2.24. The second-order valence-corrected chi connectivity index (χ2v) is 5.58. The average Bonchev–Trinajstić information content (AvgIpc) is 2.56. The fourth-order valence-electron chi connectivity index (χ4n) is 1.81. The van der Waals surface area contributed by atoms with Crippen LogP contribution in [-0.2, 0) is 0 Å². The Bertz CT molecular complexity index is 748. The summed E-state index contributed by atoms with van der Waals surface area (Å²) < 4.78 is 1.44. The summed E-state index contributed by atoms with van der Waals surface area (Å²) in [6, 6.07) is 8.91. The van der Waals surface area contributed by atoms with Gasteiger partial charge in [0.25, 0.3) is 5.56 Å². The monoisotopic (exact) mass is 315 g/mol. The van der Waals surface area contributed by atoms with Gasteiger partial charge in [-0.25, -0.2) is 0 Å². The summed E-state index contributed by atoms with van der Waals surface area (Å²) in [7, 11) is 0. The van der Waals surface area contributed by atoms with Gasteiger partial charge in [-0.15, -0.1) is 10.2 Å². The second-order valence-electron chi connectivity index (χ2n) is 4.80. The highest BCUT2D eigenvalue weighted by molar-refractivity contribution is 7.98. The third kappa shape index (κ3) is 3.28. The maximum Gasteiger partial charge on any atom is 0.299 e. The maximum atomic E-state index is 12.7. The van der Waals surface area contributed by atoms with E-state index in [1.165, 1.54) is 16.4 Å². The minimum Gasteiger partial charge on any atom is -0.318 e. The molecule has 0 amide bonds. The van der Waals surface area contributed by atoms with Crippen molar-refractivity contribution in [2.75, 3.05) is 11.7 Å². The van der Waals surface area contributed by atoms with Crippen LogP contribution in [0, 0.1) is 11.3 Å². The van der Waals surface area contributed by atoms with Crippen LogP contribution >= 0.6 is 11.8 Å². The summed E-state index contributed by atoms with van der Waals surface area (Å²) in [4.78, 5) is 12.7. The summed E-state index contributed by atoms with van der Waals surface area (Å²) in [5.74, 6) is 0. The zero-order chi connectivity index (χ0) is 16.1. The largest absolute Gasteiger partial charge is 0.318 e. The van der Waals surface area contributed by atoms with Gasteiger partial charge in [0.1, 0.15) is 0 Å². The molecule has 0 aliphatic heterocycles. The number of hydrogen-bond acceptors (Lipinski definition) is 6. The number of aromatic nitrogens is 3. The van der Waals surface area contributed by atoms with E-state index in [4.69, 9.17) is 5.26 Å². The second kappa shape index (κ2) is 7.09. The first-order valence-corrected chi connectivity index (χ1v) is 8.14. The lowest BCUT2D eigenvalue weighted by molar-refractivity contribution is 0.584. The van der Waals surface area contributed by atoms with Crippen LogP contribution < -0.4 is 11.0 Å². The summed E-state index contributed by atoms with van der Waals surface area (Å²) in [6.07, 6.45) is 2.73. The van der Waals surface area contributed by atoms with Gasteiger partial charge >= 0.3 is 0 Å². The molecule has 2 rings (SSSR count). The van der Waals surface area contributed by atoms with Crippen molar-refractivity contribution in [3.8, 4) is 17.3 Å². The van der Waals surface area contributed by atoms with Crippen molar-refractivity contribution in [1.82, 2.24) is 14.9 Å². The highest BCUT2D eigenvalue weighted by Crippen LogP contribution is 2.15. The molecule has 1 heterocycles. The molecule has 0 radical (unpaired) electrons. The van der Waals surface area contributed by atoms with Crippen molar-refractivity contribution >= 4 is 11.8 Å². The molecule has 0 saturated carbocycles. The number of nitrogens with one attached hydrogen (secondary N) is 1. The van der Waals surface area contributed by atoms with Crippen LogP contribution in [0.15, 0.2) is 34.2 Å². The van der Waals surface area contributed by atoms with Crippen molar-refractivity contribution in [2.45, 2.75) is 31.5 Å². The van der Waals surface area contributed by atoms with Gasteiger partial charge in [0.05, 0.1) is 11.6 Å². The van der Waals surface area contributed by atoms with E-state index in [-0.39, 0.29) is 17.3 Å². The lowest BCUT2D eigenvalue weighted by Crippen LogP contribution is -2.37. The van der Waals surface area contributed by atoms with Gasteiger partial charge in [-0.1, -0.05) is 30.8 Å². The molecule has 0 saturated heterocycles. The topological polar surface area (TPSA) is 83.6 Å². The van der Waals surface area contributed by atoms with Gasteiger partial charge in [0.2, 0.25) is 5.16 Å². The van der Waals surface area contributed by atoms with Gasteiger partial charge in [-0.05, 0) is 31.7 Å². The number of nitrogens with zero attached hydrogens (tertiary/aromatic N) is 4. The smallest absolute Gasteiger partial charge is 0.299 e. The van der Waals surface area contributed by atoms with Crippen LogP contribution in [0.4, 0.5) is 0 Å². The van der Waals surface area contributed by atoms with E-state index in [1.807, 2.05) is 26.2 Å². The quantitative estimate of drug-likeness (QED) is 0.852. The van der Waals surface area contributed by atoms with Gasteiger partial charge < -0.3 is 5.43 Å². The number of rotatable bonds is 5. The third-order valence-electron chi connectivity index (χ3n) is 3.26. The third-order valence-corrected chi connectivity index (χ3v) is 3.89. The Morgan fingerprint density at radius 1 is 1.36 bits per heavy atom. The standard InChI is InChI=1S/C15H17N5OS/c1-4-10(2)19-20-14(21)13(17-18-15(20)22-3)12-7-5-11(9-16)6-8-12/h5-8,10,19H,4H2,1-3H3. The normalized spacial score (nSPS) is 11.7. The van der Waals surface area contributed by atoms with Crippen molar-refractivity contribution in [3.63, 3.8) is 0 Å². The first-order valence-electron chi connectivity index (χ1n) is 6.91. The maximum absolute atomic E-state index is 12.7. The molecule has 114 valence electrons. The fraction of sp³-hybridized carbons (Fsp3) is 0.333. The first kappa shape index (κ1) is 16.0. The molecule has 0 aliphatic carbocycles. The Hall–Kier alpha value is -2.33. The summed E-state index contributed by atoms with van der Waals surface area (Å²) in [5, 5.41) is 17.5. The van der Waals surface area contributed by atoms with E-state index in [2.05, 4.69) is 15.6 Å². The molecule has 1 unspecified atom stereocenters. The minimum atomic E-state index is -0.246. The Morgan fingerprint density at radius 2 is 2.05 bits per heavy atom. The zero-order valence-electron chi connectivity index (χ0n) is 12.7. The van der Waals surface area contributed by atoms with Gasteiger partial charge in [0, 0.05) is 11.6 Å². The SMILES string of the molecule is CCC(C)Nn1c(SC)nnc(-c2ccc(C#N)cc2)c1=O. The molecule has 0 bridgehead atoms. The molecule has 22 heavy (non-hydrogen) atoms.